The molecular formula is C17H17Cl2N5O3S. The lowest BCUT2D eigenvalue weighted by Gasteiger charge is -2.17. The molecule has 1 aromatic carbocycles. The molecule has 1 fully saturated rings. The summed E-state index contributed by atoms with van der Waals surface area (Å²) >= 11 is 13.6. The fourth-order valence-corrected chi connectivity index (χ4v) is 4.74. The van der Waals surface area contributed by atoms with Gasteiger partial charge in [-0.25, -0.2) is 4.98 Å². The maximum Gasteiger partial charge on any atom is 0.226 e. The predicted molar refractivity (Wildman–Crippen MR) is 109 cm³/mol. The van der Waals surface area contributed by atoms with Crippen LogP contribution in [-0.2, 0) is 6.54 Å². The summed E-state index contributed by atoms with van der Waals surface area (Å²) in [5.74, 6) is 1.58. The van der Waals surface area contributed by atoms with E-state index in [1.54, 1.807) is 36.2 Å². The van der Waals surface area contributed by atoms with Crippen LogP contribution in [0.15, 0.2) is 24.5 Å². The number of benzene rings is 1. The first-order valence-electron chi connectivity index (χ1n) is 8.42. The van der Waals surface area contributed by atoms with Gasteiger partial charge >= 0.3 is 0 Å². The van der Waals surface area contributed by atoms with Crippen LogP contribution in [0.1, 0.15) is 10.9 Å². The Balaban J connectivity index is 1.66. The molecule has 0 aliphatic carbocycles. The van der Waals surface area contributed by atoms with E-state index in [1.807, 2.05) is 0 Å². The van der Waals surface area contributed by atoms with Gasteiger partial charge in [-0.3, -0.25) is 4.57 Å². The monoisotopic (exact) mass is 441 g/mol. The van der Waals surface area contributed by atoms with Crippen molar-refractivity contribution in [3.8, 4) is 5.75 Å². The molecule has 3 aromatic rings. The molecule has 0 spiro atoms. The fourth-order valence-electron chi connectivity index (χ4n) is 3.09. The quantitative estimate of drug-likeness (QED) is 0.518. The third-order valence-corrected chi connectivity index (χ3v) is 6.27. The molecule has 3 N–H and O–H groups in total. The minimum absolute atomic E-state index is 0.0489. The number of nitrogens with one attached hydrogen (secondary N) is 1. The molecule has 28 heavy (non-hydrogen) atoms. The van der Waals surface area contributed by atoms with Crippen molar-refractivity contribution in [3.05, 3.63) is 40.4 Å². The Morgan fingerprint density at radius 3 is 2.86 bits per heavy atom. The number of imidazole rings is 1. The van der Waals surface area contributed by atoms with Gasteiger partial charge in [-0.05, 0) is 29.8 Å². The first kappa shape index (κ1) is 19.5. The highest BCUT2D eigenvalue weighted by molar-refractivity contribution is 7.99. The second-order valence-corrected chi connectivity index (χ2v) is 8.18. The molecule has 3 atom stereocenters. The number of methoxy groups -OCH3 is 1. The molecule has 0 amide bonds. The smallest absolute Gasteiger partial charge is 0.226 e. The Morgan fingerprint density at radius 1 is 1.32 bits per heavy atom. The zero-order chi connectivity index (χ0) is 19.8. The number of ether oxygens (including phenoxy) is 1. The maximum atomic E-state index is 10.2. The Kier molecular flexibility index (Phi) is 5.52. The summed E-state index contributed by atoms with van der Waals surface area (Å²) in [6.07, 6.45) is -0.138. The van der Waals surface area contributed by atoms with E-state index in [9.17, 15) is 10.2 Å². The Bertz CT molecular complexity index is 1020. The number of aromatic nitrogens is 4. The number of halogens is 2. The molecule has 0 bridgehead atoms. The lowest BCUT2D eigenvalue weighted by Crippen LogP contribution is -2.27. The van der Waals surface area contributed by atoms with Gasteiger partial charge in [0.25, 0.3) is 0 Å². The van der Waals surface area contributed by atoms with Crippen molar-refractivity contribution in [3.63, 3.8) is 0 Å². The molecule has 1 aliphatic rings. The molecule has 2 unspecified atom stereocenters. The summed E-state index contributed by atoms with van der Waals surface area (Å²) < 4.78 is 7.07. The van der Waals surface area contributed by atoms with Gasteiger partial charge in [0.15, 0.2) is 17.0 Å². The number of anilines is 1. The van der Waals surface area contributed by atoms with Crippen LogP contribution in [0.4, 0.5) is 5.82 Å². The van der Waals surface area contributed by atoms with Crippen molar-refractivity contribution < 1.29 is 14.9 Å². The minimum Gasteiger partial charge on any atom is -0.496 e. The average Bonchev–Trinajstić information content (AvgIpc) is 3.23. The van der Waals surface area contributed by atoms with Crippen LogP contribution in [0, 0.1) is 0 Å². The standard InChI is InChI=1S/C17H17Cl2N5O3S/c1-27-11-3-2-9(18)4-8(11)5-20-14-12-15(23-17(19)22-14)24(7-21-12)16-13(26)10(25)6-28-16/h2-4,7,10,13,16,25-26H,5-6H2,1H3,(H,20,22,23)/t10-,13?,16?/m0/s1. The van der Waals surface area contributed by atoms with Crippen LogP contribution in [0.3, 0.4) is 0 Å². The van der Waals surface area contributed by atoms with Crippen molar-refractivity contribution >= 4 is 51.9 Å². The molecule has 0 saturated carbocycles. The van der Waals surface area contributed by atoms with Crippen LogP contribution in [0.5, 0.6) is 5.75 Å². The van der Waals surface area contributed by atoms with Gasteiger partial charge in [0.1, 0.15) is 17.2 Å². The van der Waals surface area contributed by atoms with Crippen LogP contribution in [0.2, 0.25) is 10.3 Å². The highest BCUT2D eigenvalue weighted by atomic mass is 35.5. The SMILES string of the molecule is COc1ccc(Cl)cc1CNc1nc(Cl)nc2c1ncn2C1SC[C@H](O)C1O. The van der Waals surface area contributed by atoms with Gasteiger partial charge in [-0.15, -0.1) is 11.8 Å². The Hall–Kier alpha value is -1.78. The largest absolute Gasteiger partial charge is 0.496 e. The van der Waals surface area contributed by atoms with Crippen LogP contribution >= 0.6 is 35.0 Å². The summed E-state index contributed by atoms with van der Waals surface area (Å²) in [6.45, 7) is 0.387. The summed E-state index contributed by atoms with van der Waals surface area (Å²) in [5, 5.41) is 23.5. The van der Waals surface area contributed by atoms with E-state index >= 15 is 0 Å². The molecule has 148 valence electrons. The van der Waals surface area contributed by atoms with Crippen molar-refractivity contribution in [1.82, 2.24) is 19.5 Å². The highest BCUT2D eigenvalue weighted by Gasteiger charge is 2.36. The van der Waals surface area contributed by atoms with Crippen molar-refractivity contribution in [2.24, 2.45) is 0 Å². The highest BCUT2D eigenvalue weighted by Crippen LogP contribution is 2.38. The molecule has 1 saturated heterocycles. The average molecular weight is 442 g/mol. The molecule has 8 nitrogen and oxygen atoms in total. The second-order valence-electron chi connectivity index (χ2n) is 6.26. The van der Waals surface area contributed by atoms with E-state index in [-0.39, 0.29) is 5.28 Å². The lowest BCUT2D eigenvalue weighted by molar-refractivity contribution is 0.0313. The van der Waals surface area contributed by atoms with E-state index < -0.39 is 17.6 Å². The summed E-state index contributed by atoms with van der Waals surface area (Å²) in [6, 6.07) is 5.35. The van der Waals surface area contributed by atoms with Gasteiger partial charge in [0.05, 0.1) is 19.5 Å². The van der Waals surface area contributed by atoms with Crippen LogP contribution in [-0.4, -0.2) is 54.8 Å². The minimum atomic E-state index is -0.914. The Labute approximate surface area is 174 Å². The zero-order valence-corrected chi connectivity index (χ0v) is 17.0. The summed E-state index contributed by atoms with van der Waals surface area (Å²) in [4.78, 5) is 12.9. The number of hydrogen-bond acceptors (Lipinski definition) is 8. The molecule has 2 aromatic heterocycles. The summed E-state index contributed by atoms with van der Waals surface area (Å²) in [7, 11) is 1.59. The third-order valence-electron chi connectivity index (χ3n) is 4.48. The number of thioether (sulfide) groups is 1. The van der Waals surface area contributed by atoms with Gasteiger partial charge in [0.2, 0.25) is 5.28 Å². The molecule has 1 aliphatic heterocycles. The van der Waals surface area contributed by atoms with Crippen molar-refractivity contribution in [2.75, 3.05) is 18.2 Å². The molecule has 4 rings (SSSR count). The van der Waals surface area contributed by atoms with Gasteiger partial charge in [-0.2, -0.15) is 9.97 Å². The Morgan fingerprint density at radius 2 is 2.14 bits per heavy atom. The first-order chi connectivity index (χ1) is 13.5. The van der Waals surface area contributed by atoms with E-state index in [4.69, 9.17) is 27.9 Å². The molecular weight excluding hydrogens is 425 g/mol. The number of hydrogen-bond donors (Lipinski definition) is 3. The summed E-state index contributed by atoms with van der Waals surface area (Å²) in [5.41, 5.74) is 1.84. The van der Waals surface area contributed by atoms with Gasteiger partial charge in [0, 0.05) is 22.9 Å². The van der Waals surface area contributed by atoms with Crippen LogP contribution < -0.4 is 10.1 Å². The number of nitrogens with zero attached hydrogens (tertiary/aromatic N) is 4. The van der Waals surface area contributed by atoms with Crippen molar-refractivity contribution in [1.29, 1.82) is 0 Å². The van der Waals surface area contributed by atoms with Crippen molar-refractivity contribution in [2.45, 2.75) is 24.1 Å². The normalized spacial score (nSPS) is 22.0. The number of rotatable bonds is 5. The molecule has 0 radical (unpaired) electrons. The number of fused-ring (bicyclic) bond motifs is 1. The second kappa shape index (κ2) is 7.92. The van der Waals surface area contributed by atoms with E-state index in [0.29, 0.717) is 40.1 Å². The topological polar surface area (TPSA) is 105 Å². The predicted octanol–water partition coefficient (Wildman–Crippen LogP) is 2.72. The number of aliphatic hydroxyl groups is 2. The molecule has 3 heterocycles. The van der Waals surface area contributed by atoms with E-state index in [1.165, 1.54) is 11.8 Å². The van der Waals surface area contributed by atoms with Crippen LogP contribution in [0.25, 0.3) is 11.2 Å². The third kappa shape index (κ3) is 3.60. The fraction of sp³-hybridized carbons (Fsp3) is 0.353. The first-order valence-corrected chi connectivity index (χ1v) is 10.2. The number of aliphatic hydroxyl groups excluding tert-OH is 2. The van der Waals surface area contributed by atoms with Gasteiger partial charge < -0.3 is 20.3 Å². The lowest BCUT2D eigenvalue weighted by atomic mass is 10.2. The zero-order valence-electron chi connectivity index (χ0n) is 14.7. The van der Waals surface area contributed by atoms with Gasteiger partial charge in [-0.1, -0.05) is 11.6 Å². The van der Waals surface area contributed by atoms with E-state index in [0.717, 1.165) is 5.56 Å². The van der Waals surface area contributed by atoms with E-state index in [2.05, 4.69) is 20.3 Å². The molecule has 11 heteroatoms. The maximum absolute atomic E-state index is 10.2.